The standard InChI is InChI=1S/C11H13N3O2/c1-2-10(13-14-12)11(15)16-8-9-6-4-3-5-7-9/h3-7,10H,2,8H2,1H3. The summed E-state index contributed by atoms with van der Waals surface area (Å²) in [6.45, 7) is 1.97. The first-order chi connectivity index (χ1) is 7.77. The number of esters is 1. The third-order valence-corrected chi connectivity index (χ3v) is 2.07. The van der Waals surface area contributed by atoms with Crippen LogP contribution < -0.4 is 0 Å². The van der Waals surface area contributed by atoms with Crippen LogP contribution in [-0.2, 0) is 16.1 Å². The summed E-state index contributed by atoms with van der Waals surface area (Å²) in [5.41, 5.74) is 9.16. The van der Waals surface area contributed by atoms with Gasteiger partial charge in [0.1, 0.15) is 12.6 Å². The van der Waals surface area contributed by atoms with Crippen LogP contribution in [0.1, 0.15) is 18.9 Å². The zero-order chi connectivity index (χ0) is 11.8. The molecule has 1 rings (SSSR count). The molecule has 5 nitrogen and oxygen atoms in total. The van der Waals surface area contributed by atoms with Crippen molar-refractivity contribution < 1.29 is 9.53 Å². The van der Waals surface area contributed by atoms with E-state index in [1.54, 1.807) is 6.92 Å². The molecule has 1 atom stereocenters. The minimum Gasteiger partial charge on any atom is -0.461 e. The summed E-state index contributed by atoms with van der Waals surface area (Å²) >= 11 is 0. The molecular weight excluding hydrogens is 206 g/mol. The molecule has 16 heavy (non-hydrogen) atoms. The van der Waals surface area contributed by atoms with Crippen molar-refractivity contribution in [1.29, 1.82) is 0 Å². The van der Waals surface area contributed by atoms with Crippen LogP contribution in [0, 0.1) is 0 Å². The summed E-state index contributed by atoms with van der Waals surface area (Å²) in [6.07, 6.45) is 0.442. The van der Waals surface area contributed by atoms with Gasteiger partial charge in [0, 0.05) is 4.91 Å². The molecule has 1 aromatic carbocycles. The highest BCUT2D eigenvalue weighted by molar-refractivity contribution is 5.75. The summed E-state index contributed by atoms with van der Waals surface area (Å²) in [5.74, 6) is -0.482. The van der Waals surface area contributed by atoms with Gasteiger partial charge in [0.25, 0.3) is 0 Å². The molecule has 84 valence electrons. The Bertz CT molecular complexity index is 385. The van der Waals surface area contributed by atoms with E-state index >= 15 is 0 Å². The van der Waals surface area contributed by atoms with Gasteiger partial charge < -0.3 is 4.74 Å². The molecule has 0 spiro atoms. The van der Waals surface area contributed by atoms with Gasteiger partial charge in [-0.25, -0.2) is 0 Å². The summed E-state index contributed by atoms with van der Waals surface area (Å²) in [4.78, 5) is 14.1. The number of hydrogen-bond donors (Lipinski definition) is 0. The van der Waals surface area contributed by atoms with Crippen molar-refractivity contribution in [1.82, 2.24) is 0 Å². The van der Waals surface area contributed by atoms with Gasteiger partial charge in [-0.1, -0.05) is 42.4 Å². The number of benzene rings is 1. The average Bonchev–Trinajstić information content (AvgIpc) is 2.34. The molecule has 0 bridgehead atoms. The zero-order valence-corrected chi connectivity index (χ0v) is 9.04. The van der Waals surface area contributed by atoms with Crippen molar-refractivity contribution >= 4 is 5.97 Å². The van der Waals surface area contributed by atoms with Crippen LogP contribution >= 0.6 is 0 Å². The number of ether oxygens (including phenoxy) is 1. The summed E-state index contributed by atoms with van der Waals surface area (Å²) in [5, 5.41) is 3.36. The molecule has 0 N–H and O–H groups in total. The largest absolute Gasteiger partial charge is 0.461 e. The number of carbonyl (C=O) groups excluding carboxylic acids is 1. The lowest BCUT2D eigenvalue weighted by Crippen LogP contribution is -2.19. The maximum Gasteiger partial charge on any atom is 0.315 e. The third kappa shape index (κ3) is 3.63. The molecule has 0 aliphatic rings. The Morgan fingerprint density at radius 3 is 2.75 bits per heavy atom. The fourth-order valence-electron chi connectivity index (χ4n) is 1.18. The molecule has 0 heterocycles. The second-order valence-corrected chi connectivity index (χ2v) is 3.22. The van der Waals surface area contributed by atoms with Crippen LogP contribution in [-0.4, -0.2) is 12.0 Å². The van der Waals surface area contributed by atoms with Gasteiger partial charge in [0.05, 0.1) is 0 Å². The number of nitrogens with zero attached hydrogens (tertiary/aromatic N) is 3. The summed E-state index contributed by atoms with van der Waals surface area (Å²) < 4.78 is 5.03. The van der Waals surface area contributed by atoms with Crippen molar-refractivity contribution in [3.8, 4) is 0 Å². The van der Waals surface area contributed by atoms with Crippen LogP contribution in [0.15, 0.2) is 35.4 Å². The molecule has 1 aromatic rings. The van der Waals surface area contributed by atoms with Crippen molar-refractivity contribution in [2.45, 2.75) is 26.0 Å². The van der Waals surface area contributed by atoms with Crippen LogP contribution in [0.25, 0.3) is 10.4 Å². The third-order valence-electron chi connectivity index (χ3n) is 2.07. The van der Waals surface area contributed by atoms with Crippen molar-refractivity contribution in [3.63, 3.8) is 0 Å². The van der Waals surface area contributed by atoms with E-state index in [-0.39, 0.29) is 6.61 Å². The van der Waals surface area contributed by atoms with Crippen LogP contribution in [0.3, 0.4) is 0 Å². The molecule has 0 amide bonds. The number of azide groups is 1. The van der Waals surface area contributed by atoms with E-state index in [9.17, 15) is 4.79 Å². The quantitative estimate of drug-likeness (QED) is 0.330. The molecule has 1 unspecified atom stereocenters. The van der Waals surface area contributed by atoms with Crippen molar-refractivity contribution in [2.75, 3.05) is 0 Å². The molecule has 0 saturated carbocycles. The second kappa shape index (κ2) is 6.48. The molecule has 0 saturated heterocycles. The number of rotatable bonds is 5. The summed E-state index contributed by atoms with van der Waals surface area (Å²) in [7, 11) is 0. The Kier molecular flexibility index (Phi) is 4.89. The predicted molar refractivity (Wildman–Crippen MR) is 59.5 cm³/mol. The monoisotopic (exact) mass is 219 g/mol. The average molecular weight is 219 g/mol. The highest BCUT2D eigenvalue weighted by atomic mass is 16.5. The minimum atomic E-state index is -0.728. The zero-order valence-electron chi connectivity index (χ0n) is 9.04. The van der Waals surface area contributed by atoms with E-state index in [0.29, 0.717) is 6.42 Å². The molecule has 0 aromatic heterocycles. The van der Waals surface area contributed by atoms with Crippen molar-refractivity contribution in [3.05, 3.63) is 46.3 Å². The highest BCUT2D eigenvalue weighted by Gasteiger charge is 2.15. The summed E-state index contributed by atoms with van der Waals surface area (Å²) in [6, 6.07) is 8.62. The Hall–Kier alpha value is -2.00. The topological polar surface area (TPSA) is 75.1 Å². The van der Waals surface area contributed by atoms with Gasteiger partial charge in [-0.3, -0.25) is 4.79 Å². The smallest absolute Gasteiger partial charge is 0.315 e. The van der Waals surface area contributed by atoms with E-state index in [1.807, 2.05) is 30.3 Å². The van der Waals surface area contributed by atoms with E-state index in [0.717, 1.165) is 5.56 Å². The molecule has 5 heteroatoms. The van der Waals surface area contributed by atoms with Gasteiger partial charge in [0.15, 0.2) is 0 Å². The Morgan fingerprint density at radius 1 is 1.50 bits per heavy atom. The molecule has 0 fully saturated rings. The van der Waals surface area contributed by atoms with Gasteiger partial charge in [-0.05, 0) is 17.5 Å². The minimum absolute atomic E-state index is 0.205. The molecule has 0 radical (unpaired) electrons. The lowest BCUT2D eigenvalue weighted by molar-refractivity contribution is -0.146. The number of carbonyl (C=O) groups is 1. The lowest BCUT2D eigenvalue weighted by Gasteiger charge is -2.08. The first kappa shape index (κ1) is 12.1. The highest BCUT2D eigenvalue weighted by Crippen LogP contribution is 2.05. The molecular formula is C11H13N3O2. The van der Waals surface area contributed by atoms with Gasteiger partial charge >= 0.3 is 5.97 Å². The maximum atomic E-state index is 11.5. The Labute approximate surface area is 93.7 Å². The van der Waals surface area contributed by atoms with Crippen LogP contribution in [0.4, 0.5) is 0 Å². The first-order valence-electron chi connectivity index (χ1n) is 5.02. The first-order valence-corrected chi connectivity index (χ1v) is 5.02. The molecule has 0 aliphatic heterocycles. The molecule has 0 aliphatic carbocycles. The Balaban J connectivity index is 2.49. The number of hydrogen-bond acceptors (Lipinski definition) is 3. The SMILES string of the molecule is CCC(N=[N+]=[N-])C(=O)OCc1ccccc1. The normalized spacial score (nSPS) is 11.3. The maximum absolute atomic E-state index is 11.5. The van der Waals surface area contributed by atoms with Gasteiger partial charge in [-0.2, -0.15) is 0 Å². The van der Waals surface area contributed by atoms with Crippen molar-refractivity contribution in [2.24, 2.45) is 5.11 Å². The van der Waals surface area contributed by atoms with E-state index in [1.165, 1.54) is 0 Å². The van der Waals surface area contributed by atoms with E-state index in [4.69, 9.17) is 10.3 Å². The fraction of sp³-hybridized carbons (Fsp3) is 0.364. The van der Waals surface area contributed by atoms with Gasteiger partial charge in [0.2, 0.25) is 0 Å². The predicted octanol–water partition coefficient (Wildman–Crippen LogP) is 2.82. The van der Waals surface area contributed by atoms with Crippen LogP contribution in [0.2, 0.25) is 0 Å². The van der Waals surface area contributed by atoms with Crippen LogP contribution in [0.5, 0.6) is 0 Å². The fourth-order valence-corrected chi connectivity index (χ4v) is 1.18. The second-order valence-electron chi connectivity index (χ2n) is 3.22. The van der Waals surface area contributed by atoms with Gasteiger partial charge in [-0.15, -0.1) is 0 Å². The van der Waals surface area contributed by atoms with E-state index < -0.39 is 12.0 Å². The Morgan fingerprint density at radius 2 is 2.19 bits per heavy atom. The lowest BCUT2D eigenvalue weighted by atomic mass is 10.2. The van der Waals surface area contributed by atoms with E-state index in [2.05, 4.69) is 10.0 Å².